The maximum atomic E-state index is 12.6. The second kappa shape index (κ2) is 7.21. The summed E-state index contributed by atoms with van der Waals surface area (Å²) in [6.45, 7) is 4.36. The topological polar surface area (TPSA) is 79.9 Å². The van der Waals surface area contributed by atoms with E-state index in [1.807, 2.05) is 26.0 Å². The van der Waals surface area contributed by atoms with E-state index in [2.05, 4.69) is 10.6 Å². The summed E-state index contributed by atoms with van der Waals surface area (Å²) < 4.78 is 10.5. The highest BCUT2D eigenvalue weighted by molar-refractivity contribution is 5.89. The molecule has 1 aromatic carbocycles. The van der Waals surface area contributed by atoms with Crippen molar-refractivity contribution in [2.45, 2.75) is 26.4 Å². The molecule has 0 aliphatic carbocycles. The molecule has 1 aliphatic heterocycles. The Morgan fingerprint density at radius 2 is 1.91 bits per heavy atom. The Labute approximate surface area is 135 Å². The lowest BCUT2D eigenvalue weighted by Crippen LogP contribution is -2.47. The van der Waals surface area contributed by atoms with Crippen molar-refractivity contribution in [3.63, 3.8) is 0 Å². The van der Waals surface area contributed by atoms with E-state index in [0.29, 0.717) is 18.0 Å². The molecule has 0 aromatic heterocycles. The zero-order chi connectivity index (χ0) is 17.0. The van der Waals surface area contributed by atoms with Gasteiger partial charge in [-0.15, -0.1) is 0 Å². The molecule has 3 amide bonds. The second-order valence-corrected chi connectivity index (χ2v) is 5.76. The van der Waals surface area contributed by atoms with Crippen LogP contribution in [-0.4, -0.2) is 43.8 Å². The summed E-state index contributed by atoms with van der Waals surface area (Å²) in [7, 11) is 3.14. The lowest BCUT2D eigenvalue weighted by atomic mass is 10.0. The van der Waals surface area contributed by atoms with Crippen LogP contribution in [0.1, 0.15) is 19.4 Å². The lowest BCUT2D eigenvalue weighted by Gasteiger charge is -2.25. The molecule has 0 spiro atoms. The Bertz CT molecular complexity index is 589. The number of nitrogens with zero attached hydrogens (tertiary/aromatic N) is 1. The predicted octanol–water partition coefficient (Wildman–Crippen LogP) is 1.33. The Balaban J connectivity index is 2.20. The summed E-state index contributed by atoms with van der Waals surface area (Å²) in [6, 6.07) is 4.65. The van der Waals surface area contributed by atoms with Gasteiger partial charge in [-0.2, -0.15) is 0 Å². The number of benzene rings is 1. The Kier molecular flexibility index (Phi) is 5.31. The molecule has 7 nitrogen and oxygen atoms in total. The van der Waals surface area contributed by atoms with Gasteiger partial charge in [0.05, 0.1) is 20.9 Å². The first-order chi connectivity index (χ1) is 11.0. The van der Waals surface area contributed by atoms with Gasteiger partial charge in [-0.25, -0.2) is 4.79 Å². The van der Waals surface area contributed by atoms with Crippen LogP contribution in [0.2, 0.25) is 0 Å². The number of hydrogen-bond acceptors (Lipinski definition) is 4. The van der Waals surface area contributed by atoms with Crippen LogP contribution in [0.25, 0.3) is 0 Å². The first kappa shape index (κ1) is 16.9. The molecule has 1 atom stereocenters. The molecular formula is C16H23N3O4. The molecule has 1 saturated heterocycles. The van der Waals surface area contributed by atoms with Crippen LogP contribution in [0.3, 0.4) is 0 Å². The number of nitrogens with one attached hydrogen (secondary N) is 2. The molecule has 1 fully saturated rings. The maximum Gasteiger partial charge on any atom is 0.316 e. The van der Waals surface area contributed by atoms with Crippen LogP contribution in [0, 0.1) is 5.92 Å². The molecule has 0 unspecified atom stereocenters. The van der Waals surface area contributed by atoms with Gasteiger partial charge in [0, 0.05) is 6.54 Å². The third-order valence-electron chi connectivity index (χ3n) is 3.78. The van der Waals surface area contributed by atoms with Crippen LogP contribution < -0.4 is 20.1 Å². The maximum absolute atomic E-state index is 12.6. The van der Waals surface area contributed by atoms with Gasteiger partial charge in [-0.05, 0) is 23.6 Å². The van der Waals surface area contributed by atoms with Crippen LogP contribution in [0.15, 0.2) is 18.2 Å². The number of rotatable bonds is 5. The van der Waals surface area contributed by atoms with Gasteiger partial charge in [0.25, 0.3) is 0 Å². The Morgan fingerprint density at radius 1 is 1.22 bits per heavy atom. The first-order valence-corrected chi connectivity index (χ1v) is 7.50. The molecule has 7 heteroatoms. The average molecular weight is 321 g/mol. The average Bonchev–Trinajstić information content (AvgIpc) is 2.68. The summed E-state index contributed by atoms with van der Waals surface area (Å²) in [5.41, 5.74) is 0.898. The molecule has 1 heterocycles. The molecule has 1 aromatic rings. The highest BCUT2D eigenvalue weighted by Crippen LogP contribution is 2.28. The quantitative estimate of drug-likeness (QED) is 0.857. The minimum atomic E-state index is -0.530. The van der Waals surface area contributed by atoms with Gasteiger partial charge in [0.1, 0.15) is 6.04 Å². The standard InChI is InChI=1S/C16H23N3O4/c1-10(2)14-15(20)19(9-17-16(21)18-14)8-11-5-6-12(22-3)13(7-11)23-4/h5-7,10,14H,8-9H2,1-4H3,(H2,17,18,21)/t14-/m0/s1. The predicted molar refractivity (Wildman–Crippen MR) is 85.3 cm³/mol. The summed E-state index contributed by atoms with van der Waals surface area (Å²) in [4.78, 5) is 25.9. The molecule has 2 rings (SSSR count). The minimum absolute atomic E-state index is 0.0132. The largest absolute Gasteiger partial charge is 0.493 e. The molecular weight excluding hydrogens is 298 g/mol. The van der Waals surface area contributed by atoms with Crippen LogP contribution in [0.4, 0.5) is 4.79 Å². The summed E-state index contributed by atoms with van der Waals surface area (Å²) >= 11 is 0. The molecule has 1 aliphatic rings. The van der Waals surface area contributed by atoms with E-state index in [1.165, 1.54) is 0 Å². The Morgan fingerprint density at radius 3 is 2.52 bits per heavy atom. The first-order valence-electron chi connectivity index (χ1n) is 7.50. The van der Waals surface area contributed by atoms with Crippen molar-refractivity contribution < 1.29 is 19.1 Å². The van der Waals surface area contributed by atoms with Gasteiger partial charge in [-0.3, -0.25) is 4.79 Å². The Hall–Kier alpha value is -2.44. The van der Waals surface area contributed by atoms with Crippen LogP contribution in [0.5, 0.6) is 11.5 Å². The van der Waals surface area contributed by atoms with E-state index >= 15 is 0 Å². The molecule has 126 valence electrons. The van der Waals surface area contributed by atoms with Crippen LogP contribution >= 0.6 is 0 Å². The number of amides is 3. The molecule has 0 radical (unpaired) electrons. The van der Waals surface area contributed by atoms with Crippen LogP contribution in [-0.2, 0) is 11.3 Å². The lowest BCUT2D eigenvalue weighted by molar-refractivity contribution is -0.134. The summed E-state index contributed by atoms with van der Waals surface area (Å²) in [5.74, 6) is 1.15. The molecule has 2 N–H and O–H groups in total. The molecule has 0 bridgehead atoms. The zero-order valence-corrected chi connectivity index (χ0v) is 13.9. The van der Waals surface area contributed by atoms with Crippen molar-refractivity contribution in [3.8, 4) is 11.5 Å². The summed E-state index contributed by atoms with van der Waals surface area (Å²) in [5, 5.41) is 5.38. The van der Waals surface area contributed by atoms with Crippen molar-refractivity contribution in [3.05, 3.63) is 23.8 Å². The number of carbonyl (C=O) groups is 2. The van der Waals surface area contributed by atoms with Crippen molar-refractivity contribution >= 4 is 11.9 Å². The number of methoxy groups -OCH3 is 2. The highest BCUT2D eigenvalue weighted by Gasteiger charge is 2.31. The van der Waals surface area contributed by atoms with Gasteiger partial charge in [-0.1, -0.05) is 19.9 Å². The number of carbonyl (C=O) groups excluding carboxylic acids is 2. The van der Waals surface area contributed by atoms with E-state index in [9.17, 15) is 9.59 Å². The van der Waals surface area contributed by atoms with Crippen molar-refractivity contribution in [2.75, 3.05) is 20.9 Å². The monoisotopic (exact) mass is 321 g/mol. The zero-order valence-electron chi connectivity index (χ0n) is 13.9. The highest BCUT2D eigenvalue weighted by atomic mass is 16.5. The van der Waals surface area contributed by atoms with E-state index < -0.39 is 6.04 Å². The third kappa shape index (κ3) is 3.85. The van der Waals surface area contributed by atoms with Crippen molar-refractivity contribution in [1.29, 1.82) is 0 Å². The number of urea groups is 1. The van der Waals surface area contributed by atoms with E-state index in [1.54, 1.807) is 25.2 Å². The van der Waals surface area contributed by atoms with Crippen molar-refractivity contribution in [1.82, 2.24) is 15.5 Å². The summed E-state index contributed by atoms with van der Waals surface area (Å²) in [6.07, 6.45) is 0. The van der Waals surface area contributed by atoms with E-state index in [0.717, 1.165) is 5.56 Å². The third-order valence-corrected chi connectivity index (χ3v) is 3.78. The van der Waals surface area contributed by atoms with Gasteiger partial charge >= 0.3 is 6.03 Å². The number of ether oxygens (including phenoxy) is 2. The molecule has 23 heavy (non-hydrogen) atoms. The SMILES string of the molecule is COc1ccc(CN2CNC(=O)N[C@@H](C(C)C)C2=O)cc1OC. The van der Waals surface area contributed by atoms with Crippen molar-refractivity contribution in [2.24, 2.45) is 5.92 Å². The fraction of sp³-hybridized carbons (Fsp3) is 0.500. The minimum Gasteiger partial charge on any atom is -0.493 e. The fourth-order valence-electron chi connectivity index (χ4n) is 2.48. The normalized spacial score (nSPS) is 18.3. The van der Waals surface area contributed by atoms with Gasteiger partial charge in [0.15, 0.2) is 11.5 Å². The molecule has 0 saturated carbocycles. The van der Waals surface area contributed by atoms with E-state index in [-0.39, 0.29) is 24.5 Å². The van der Waals surface area contributed by atoms with Gasteiger partial charge < -0.3 is 25.0 Å². The smallest absolute Gasteiger partial charge is 0.316 e. The number of hydrogen-bond donors (Lipinski definition) is 2. The fourth-order valence-corrected chi connectivity index (χ4v) is 2.48. The van der Waals surface area contributed by atoms with E-state index in [4.69, 9.17) is 9.47 Å². The second-order valence-electron chi connectivity index (χ2n) is 5.76. The van der Waals surface area contributed by atoms with Gasteiger partial charge in [0.2, 0.25) is 5.91 Å².